The molecule has 4 heteroatoms. The number of phenols is 1. The Morgan fingerprint density at radius 1 is 1.47 bits per heavy atom. The molecule has 2 atom stereocenters. The van der Waals surface area contributed by atoms with Crippen LogP contribution < -0.4 is 5.32 Å². The number of benzene rings is 1. The van der Waals surface area contributed by atoms with Crippen molar-refractivity contribution in [2.75, 3.05) is 0 Å². The van der Waals surface area contributed by atoms with Gasteiger partial charge in [0.25, 0.3) is 5.91 Å². The number of halogens is 1. The Hall–Kier alpha value is -1.03. The van der Waals surface area contributed by atoms with Crippen LogP contribution in [0.25, 0.3) is 0 Å². The average molecular weight is 300 g/mol. The summed E-state index contributed by atoms with van der Waals surface area (Å²) in [5.74, 6) is -0.170. The maximum Gasteiger partial charge on any atom is 0.255 e. The highest BCUT2D eigenvalue weighted by Gasteiger charge is 2.15. The van der Waals surface area contributed by atoms with Gasteiger partial charge in [0, 0.05) is 10.9 Å². The zero-order valence-corrected chi connectivity index (χ0v) is 11.9. The normalized spacial score (nSPS) is 14.1. The molecule has 1 aromatic carbocycles. The van der Waals surface area contributed by atoms with Gasteiger partial charge in [-0.3, -0.25) is 4.79 Å². The highest BCUT2D eigenvalue weighted by molar-refractivity contribution is 9.09. The number of amides is 1. The number of alkyl halides is 1. The molecule has 2 unspecified atom stereocenters. The number of carbonyl (C=O) groups excluding carboxylic acids is 1. The first kappa shape index (κ1) is 14.0. The third-order valence-corrected chi connectivity index (χ3v) is 2.91. The van der Waals surface area contributed by atoms with Crippen molar-refractivity contribution < 1.29 is 9.90 Å². The standard InChI is InChI=1S/C13H18BrNO2/c1-8-5-4-6-11(12(8)16)13(17)15-10(3)7-9(2)14/h4-6,9-10,16H,7H2,1-3H3,(H,15,17). The summed E-state index contributed by atoms with van der Waals surface area (Å²) in [5, 5.41) is 12.7. The van der Waals surface area contributed by atoms with E-state index < -0.39 is 0 Å². The van der Waals surface area contributed by atoms with Crippen molar-refractivity contribution in [3.63, 3.8) is 0 Å². The van der Waals surface area contributed by atoms with Gasteiger partial charge in [-0.05, 0) is 31.9 Å². The van der Waals surface area contributed by atoms with E-state index in [1.54, 1.807) is 25.1 Å². The Labute approximate surface area is 110 Å². The van der Waals surface area contributed by atoms with Crippen LogP contribution in [0.1, 0.15) is 36.2 Å². The van der Waals surface area contributed by atoms with Crippen molar-refractivity contribution in [3.05, 3.63) is 29.3 Å². The maximum absolute atomic E-state index is 11.9. The minimum atomic E-state index is -0.230. The van der Waals surface area contributed by atoms with E-state index in [1.165, 1.54) is 0 Å². The van der Waals surface area contributed by atoms with Crippen LogP contribution >= 0.6 is 15.9 Å². The molecule has 0 radical (unpaired) electrons. The zero-order valence-electron chi connectivity index (χ0n) is 10.3. The van der Waals surface area contributed by atoms with Crippen LogP contribution in [0.4, 0.5) is 0 Å². The molecule has 0 aliphatic heterocycles. The molecule has 1 amide bonds. The van der Waals surface area contributed by atoms with Crippen molar-refractivity contribution >= 4 is 21.8 Å². The first-order valence-electron chi connectivity index (χ1n) is 5.65. The summed E-state index contributed by atoms with van der Waals surface area (Å²) in [6, 6.07) is 5.23. The monoisotopic (exact) mass is 299 g/mol. The molecule has 1 aromatic rings. The second kappa shape index (κ2) is 6.05. The van der Waals surface area contributed by atoms with Gasteiger partial charge in [0.05, 0.1) is 5.56 Å². The minimum Gasteiger partial charge on any atom is -0.507 e. The van der Waals surface area contributed by atoms with Gasteiger partial charge in [-0.25, -0.2) is 0 Å². The molecule has 2 N–H and O–H groups in total. The zero-order chi connectivity index (χ0) is 13.0. The molecule has 0 heterocycles. The second-order valence-corrected chi connectivity index (χ2v) is 5.93. The van der Waals surface area contributed by atoms with E-state index in [4.69, 9.17) is 0 Å². The summed E-state index contributed by atoms with van der Waals surface area (Å²) < 4.78 is 0. The Kier molecular flexibility index (Phi) is 5.00. The summed E-state index contributed by atoms with van der Waals surface area (Å²) in [4.78, 5) is 12.3. The van der Waals surface area contributed by atoms with Crippen LogP contribution in [0.2, 0.25) is 0 Å². The third kappa shape index (κ3) is 4.04. The number of phenolic OH excluding ortho intramolecular Hbond substituents is 1. The van der Waals surface area contributed by atoms with E-state index >= 15 is 0 Å². The van der Waals surface area contributed by atoms with Gasteiger partial charge in [-0.1, -0.05) is 35.0 Å². The Balaban J connectivity index is 2.73. The quantitative estimate of drug-likeness (QED) is 0.840. The number of hydrogen-bond donors (Lipinski definition) is 2. The van der Waals surface area contributed by atoms with Crippen LogP contribution in [0.15, 0.2) is 18.2 Å². The Morgan fingerprint density at radius 2 is 2.12 bits per heavy atom. The first-order valence-corrected chi connectivity index (χ1v) is 6.57. The van der Waals surface area contributed by atoms with E-state index in [1.807, 2.05) is 13.8 Å². The lowest BCUT2D eigenvalue weighted by atomic mass is 10.1. The fourth-order valence-electron chi connectivity index (χ4n) is 1.69. The summed E-state index contributed by atoms with van der Waals surface area (Å²) in [6.07, 6.45) is 0.846. The van der Waals surface area contributed by atoms with Gasteiger partial charge >= 0.3 is 0 Å². The number of aromatic hydroxyl groups is 1. The van der Waals surface area contributed by atoms with Gasteiger partial charge in [0.1, 0.15) is 5.75 Å². The van der Waals surface area contributed by atoms with E-state index in [9.17, 15) is 9.90 Å². The van der Waals surface area contributed by atoms with Crippen molar-refractivity contribution in [3.8, 4) is 5.75 Å². The molecule has 0 bridgehead atoms. The highest BCUT2D eigenvalue weighted by Crippen LogP contribution is 2.21. The predicted molar refractivity (Wildman–Crippen MR) is 72.8 cm³/mol. The fraction of sp³-hybridized carbons (Fsp3) is 0.462. The molecule has 0 saturated heterocycles. The molecule has 3 nitrogen and oxygen atoms in total. The number of carbonyl (C=O) groups is 1. The summed E-state index contributed by atoms with van der Waals surface area (Å²) in [5.41, 5.74) is 1.04. The maximum atomic E-state index is 11.9. The molecular formula is C13H18BrNO2. The third-order valence-electron chi connectivity index (χ3n) is 2.54. The molecular weight excluding hydrogens is 282 g/mol. The minimum absolute atomic E-state index is 0.0593. The molecule has 0 saturated carbocycles. The topological polar surface area (TPSA) is 49.3 Å². The van der Waals surface area contributed by atoms with Crippen LogP contribution in [0, 0.1) is 6.92 Å². The molecule has 0 spiro atoms. The summed E-state index contributed by atoms with van der Waals surface area (Å²) in [7, 11) is 0. The van der Waals surface area contributed by atoms with Gasteiger partial charge in [0.2, 0.25) is 0 Å². The number of hydrogen-bond acceptors (Lipinski definition) is 2. The number of rotatable bonds is 4. The van der Waals surface area contributed by atoms with Crippen molar-refractivity contribution in [2.24, 2.45) is 0 Å². The largest absolute Gasteiger partial charge is 0.507 e. The van der Waals surface area contributed by atoms with Gasteiger partial charge in [0.15, 0.2) is 0 Å². The SMILES string of the molecule is Cc1cccc(C(=O)NC(C)CC(C)Br)c1O. The lowest BCUT2D eigenvalue weighted by molar-refractivity contribution is 0.0936. The van der Waals surface area contributed by atoms with E-state index in [-0.39, 0.29) is 17.7 Å². The van der Waals surface area contributed by atoms with Crippen LogP contribution in [-0.4, -0.2) is 21.9 Å². The van der Waals surface area contributed by atoms with Crippen LogP contribution in [-0.2, 0) is 0 Å². The van der Waals surface area contributed by atoms with Crippen molar-refractivity contribution in [1.29, 1.82) is 0 Å². The number of aryl methyl sites for hydroxylation is 1. The molecule has 0 fully saturated rings. The van der Waals surface area contributed by atoms with Crippen LogP contribution in [0.3, 0.4) is 0 Å². The molecule has 1 rings (SSSR count). The van der Waals surface area contributed by atoms with Crippen molar-refractivity contribution in [2.45, 2.75) is 38.1 Å². The smallest absolute Gasteiger partial charge is 0.255 e. The highest BCUT2D eigenvalue weighted by atomic mass is 79.9. The van der Waals surface area contributed by atoms with Gasteiger partial charge < -0.3 is 10.4 Å². The van der Waals surface area contributed by atoms with Crippen LogP contribution in [0.5, 0.6) is 5.75 Å². The number of para-hydroxylation sites is 1. The van der Waals surface area contributed by atoms with Crippen molar-refractivity contribution in [1.82, 2.24) is 5.32 Å². The van der Waals surface area contributed by atoms with E-state index in [0.29, 0.717) is 16.0 Å². The molecule has 94 valence electrons. The lowest BCUT2D eigenvalue weighted by Gasteiger charge is -2.16. The van der Waals surface area contributed by atoms with E-state index in [2.05, 4.69) is 21.2 Å². The molecule has 0 aliphatic carbocycles. The number of nitrogens with one attached hydrogen (secondary N) is 1. The molecule has 17 heavy (non-hydrogen) atoms. The Bertz CT molecular complexity index is 404. The van der Waals surface area contributed by atoms with Gasteiger partial charge in [-0.2, -0.15) is 0 Å². The summed E-state index contributed by atoms with van der Waals surface area (Å²) in [6.45, 7) is 5.76. The second-order valence-electron chi connectivity index (χ2n) is 4.36. The average Bonchev–Trinajstić information content (AvgIpc) is 2.20. The van der Waals surface area contributed by atoms with E-state index in [0.717, 1.165) is 6.42 Å². The molecule has 0 aromatic heterocycles. The van der Waals surface area contributed by atoms with Gasteiger partial charge in [-0.15, -0.1) is 0 Å². The molecule has 0 aliphatic rings. The Morgan fingerprint density at radius 3 is 2.71 bits per heavy atom. The first-order chi connectivity index (χ1) is 7.91. The summed E-state index contributed by atoms with van der Waals surface area (Å²) >= 11 is 3.45. The fourth-order valence-corrected chi connectivity index (χ4v) is 2.25. The predicted octanol–water partition coefficient (Wildman–Crippen LogP) is 2.99. The lowest BCUT2D eigenvalue weighted by Crippen LogP contribution is -2.33.